The molecule has 3 atom stereocenters. The van der Waals surface area contributed by atoms with Gasteiger partial charge in [-0.05, 0) is 24.5 Å². The van der Waals surface area contributed by atoms with Gasteiger partial charge in [0.1, 0.15) is 10.8 Å². The smallest absolute Gasteiger partial charge is 0.125 e. The summed E-state index contributed by atoms with van der Waals surface area (Å²) < 4.78 is 7.05. The second kappa shape index (κ2) is 8.32. The van der Waals surface area contributed by atoms with Gasteiger partial charge in [0.2, 0.25) is 0 Å². The fourth-order valence-corrected chi connectivity index (χ4v) is 6.42. The van der Waals surface area contributed by atoms with Crippen LogP contribution < -0.4 is 4.74 Å². The van der Waals surface area contributed by atoms with Crippen molar-refractivity contribution >= 4 is 21.6 Å². The lowest BCUT2D eigenvalue weighted by Crippen LogP contribution is -2.35. The fraction of sp³-hybridized carbons (Fsp3) is 0.296. The summed E-state index contributed by atoms with van der Waals surface area (Å²) in [5.74, 6) is 0.940. The van der Waals surface area contributed by atoms with Gasteiger partial charge in [-0.3, -0.25) is 9.80 Å². The van der Waals surface area contributed by atoms with Gasteiger partial charge in [-0.2, -0.15) is 0 Å². The molecule has 2 aliphatic rings. The quantitative estimate of drug-likeness (QED) is 0.383. The molecule has 0 aliphatic carbocycles. The molecule has 4 aromatic rings. The maximum absolute atomic E-state index is 5.83. The van der Waals surface area contributed by atoms with Gasteiger partial charge in [-0.25, -0.2) is 4.98 Å². The molecule has 0 saturated carbocycles. The number of aromatic nitrogens is 1. The molecular formula is C27H27N3OS. The predicted octanol–water partition coefficient (Wildman–Crippen LogP) is 5.95. The van der Waals surface area contributed by atoms with Crippen molar-refractivity contribution in [3.05, 3.63) is 83.9 Å². The highest BCUT2D eigenvalue weighted by molar-refractivity contribution is 7.21. The van der Waals surface area contributed by atoms with Crippen molar-refractivity contribution in [2.45, 2.75) is 31.5 Å². The van der Waals surface area contributed by atoms with Crippen molar-refractivity contribution in [2.24, 2.45) is 0 Å². The van der Waals surface area contributed by atoms with E-state index in [9.17, 15) is 0 Å². The number of benzene rings is 3. The van der Waals surface area contributed by atoms with Crippen LogP contribution in [0.1, 0.15) is 30.0 Å². The fourth-order valence-electron chi connectivity index (χ4n) is 5.41. The highest BCUT2D eigenvalue weighted by Gasteiger charge is 2.43. The molecule has 3 aromatic carbocycles. The van der Waals surface area contributed by atoms with E-state index in [1.165, 1.54) is 40.8 Å². The number of hydrogen-bond acceptors (Lipinski definition) is 5. The molecule has 2 aliphatic heterocycles. The molecule has 2 bridgehead atoms. The summed E-state index contributed by atoms with van der Waals surface area (Å²) in [6.07, 6.45) is 2.52. The summed E-state index contributed by atoms with van der Waals surface area (Å²) >= 11 is 1.76. The van der Waals surface area contributed by atoms with Crippen LogP contribution in [0.3, 0.4) is 0 Å². The van der Waals surface area contributed by atoms with Crippen molar-refractivity contribution in [1.29, 1.82) is 0 Å². The summed E-state index contributed by atoms with van der Waals surface area (Å²) in [5, 5.41) is 1.06. The molecule has 5 heteroatoms. The highest BCUT2D eigenvalue weighted by atomic mass is 32.1. The zero-order valence-corrected chi connectivity index (χ0v) is 19.1. The van der Waals surface area contributed by atoms with Crippen molar-refractivity contribution in [3.63, 3.8) is 0 Å². The van der Waals surface area contributed by atoms with E-state index in [1.54, 1.807) is 18.4 Å². The number of methoxy groups -OCH3 is 1. The molecule has 2 saturated heterocycles. The van der Waals surface area contributed by atoms with Crippen LogP contribution in [-0.2, 0) is 6.54 Å². The van der Waals surface area contributed by atoms with Gasteiger partial charge in [-0.1, -0.05) is 60.7 Å². The number of ether oxygens (including phenoxy) is 1. The van der Waals surface area contributed by atoms with Gasteiger partial charge >= 0.3 is 0 Å². The first-order valence-electron chi connectivity index (χ1n) is 11.4. The van der Waals surface area contributed by atoms with Gasteiger partial charge in [0.15, 0.2) is 0 Å². The van der Waals surface area contributed by atoms with E-state index in [0.717, 1.165) is 29.5 Å². The SMILES string of the molecule is COc1cc2nc(-c3ccccc3)sc2cc1CN1CN2CCCC1C2c1ccccc1. The third-order valence-electron chi connectivity index (χ3n) is 6.86. The van der Waals surface area contributed by atoms with E-state index >= 15 is 0 Å². The van der Waals surface area contributed by atoms with Gasteiger partial charge in [-0.15, -0.1) is 11.3 Å². The second-order valence-electron chi connectivity index (χ2n) is 8.78. The van der Waals surface area contributed by atoms with E-state index in [2.05, 4.69) is 76.5 Å². The summed E-state index contributed by atoms with van der Waals surface area (Å²) in [7, 11) is 1.77. The van der Waals surface area contributed by atoms with Crippen LogP contribution in [0.5, 0.6) is 5.75 Å². The lowest BCUT2D eigenvalue weighted by Gasteiger charge is -2.33. The minimum Gasteiger partial charge on any atom is -0.496 e. The van der Waals surface area contributed by atoms with Crippen molar-refractivity contribution in [2.75, 3.05) is 20.3 Å². The van der Waals surface area contributed by atoms with Gasteiger partial charge in [0.05, 0.1) is 30.0 Å². The van der Waals surface area contributed by atoms with E-state index < -0.39 is 0 Å². The van der Waals surface area contributed by atoms with Crippen molar-refractivity contribution in [3.8, 4) is 16.3 Å². The molecule has 6 rings (SSSR count). The van der Waals surface area contributed by atoms with Crippen LogP contribution in [-0.4, -0.2) is 41.1 Å². The first-order valence-corrected chi connectivity index (χ1v) is 12.2. The third kappa shape index (κ3) is 3.51. The zero-order chi connectivity index (χ0) is 21.5. The van der Waals surface area contributed by atoms with Crippen LogP contribution in [0.2, 0.25) is 0 Å². The zero-order valence-electron chi connectivity index (χ0n) is 18.3. The van der Waals surface area contributed by atoms with Crippen molar-refractivity contribution in [1.82, 2.24) is 14.8 Å². The summed E-state index contributed by atoms with van der Waals surface area (Å²) in [5.41, 5.74) is 4.88. The average molecular weight is 442 g/mol. The molecule has 0 radical (unpaired) electrons. The summed E-state index contributed by atoms with van der Waals surface area (Å²) in [6.45, 7) is 3.10. The lowest BCUT2D eigenvalue weighted by atomic mass is 9.92. The van der Waals surface area contributed by atoms with Crippen LogP contribution in [0.15, 0.2) is 72.8 Å². The Bertz CT molecular complexity index is 1220. The maximum Gasteiger partial charge on any atom is 0.125 e. The van der Waals surface area contributed by atoms with Crippen LogP contribution >= 0.6 is 11.3 Å². The number of nitrogens with zero attached hydrogens (tertiary/aromatic N) is 3. The van der Waals surface area contributed by atoms with Gasteiger partial charge in [0, 0.05) is 36.3 Å². The molecule has 2 fully saturated rings. The van der Waals surface area contributed by atoms with Gasteiger partial charge < -0.3 is 4.74 Å². The van der Waals surface area contributed by atoms with E-state index in [1.807, 2.05) is 6.07 Å². The number of fused-ring (bicyclic) bond motifs is 3. The largest absolute Gasteiger partial charge is 0.496 e. The standard InChI is InChI=1S/C27H27N3OS/c1-31-24-16-22-25(32-27(28-22)20-11-6-3-7-12-20)15-21(24)17-30-18-29-14-8-13-23(30)26(29)19-9-4-2-5-10-19/h2-7,9-12,15-16,23,26H,8,13-14,17-18H2,1H3. The number of piperidine rings is 1. The van der Waals surface area contributed by atoms with Crippen LogP contribution in [0, 0.1) is 0 Å². The van der Waals surface area contributed by atoms with Crippen molar-refractivity contribution < 1.29 is 4.74 Å². The molecular weight excluding hydrogens is 414 g/mol. The Morgan fingerprint density at radius 1 is 1.03 bits per heavy atom. The molecule has 162 valence electrons. The molecule has 3 heterocycles. The van der Waals surface area contributed by atoms with Crippen LogP contribution in [0.25, 0.3) is 20.8 Å². The van der Waals surface area contributed by atoms with Crippen LogP contribution in [0.4, 0.5) is 0 Å². The predicted molar refractivity (Wildman–Crippen MR) is 131 cm³/mol. The lowest BCUT2D eigenvalue weighted by molar-refractivity contribution is 0.202. The Kier molecular flexibility index (Phi) is 5.18. The van der Waals surface area contributed by atoms with Gasteiger partial charge in [0.25, 0.3) is 0 Å². The summed E-state index contributed by atoms with van der Waals surface area (Å²) in [6, 6.07) is 26.9. The first-order chi connectivity index (χ1) is 15.8. The molecule has 1 aromatic heterocycles. The Hall–Kier alpha value is -2.73. The highest BCUT2D eigenvalue weighted by Crippen LogP contribution is 2.42. The Balaban J connectivity index is 1.32. The minimum absolute atomic E-state index is 0.493. The molecule has 0 spiro atoms. The molecule has 0 amide bonds. The maximum atomic E-state index is 5.83. The number of thiazole rings is 1. The number of hydrogen-bond donors (Lipinski definition) is 0. The minimum atomic E-state index is 0.493. The molecule has 32 heavy (non-hydrogen) atoms. The monoisotopic (exact) mass is 441 g/mol. The Morgan fingerprint density at radius 3 is 2.59 bits per heavy atom. The summed E-state index contributed by atoms with van der Waals surface area (Å²) in [4.78, 5) is 10.2. The normalized spacial score (nSPS) is 23.0. The second-order valence-corrected chi connectivity index (χ2v) is 9.81. The third-order valence-corrected chi connectivity index (χ3v) is 7.93. The number of rotatable bonds is 5. The van der Waals surface area contributed by atoms with E-state index in [-0.39, 0.29) is 0 Å². The first kappa shape index (κ1) is 19.9. The molecule has 0 N–H and O–H groups in total. The van der Waals surface area contributed by atoms with E-state index in [0.29, 0.717) is 12.1 Å². The molecule has 4 nitrogen and oxygen atoms in total. The molecule has 3 unspecified atom stereocenters. The average Bonchev–Trinajstić information content (AvgIpc) is 3.35. The van der Waals surface area contributed by atoms with E-state index in [4.69, 9.17) is 9.72 Å². The Labute approximate surface area is 193 Å². The topological polar surface area (TPSA) is 28.6 Å². The Morgan fingerprint density at radius 2 is 1.81 bits per heavy atom.